The molecule has 0 spiro atoms. The lowest BCUT2D eigenvalue weighted by molar-refractivity contribution is -0.135. The van der Waals surface area contributed by atoms with E-state index in [9.17, 15) is 9.59 Å². The molecule has 0 bridgehead atoms. The maximum absolute atomic E-state index is 12.6. The number of likely N-dealkylation sites (tertiary alicyclic amines) is 1. The summed E-state index contributed by atoms with van der Waals surface area (Å²) in [5, 5.41) is 0. The van der Waals surface area contributed by atoms with E-state index in [1.165, 1.54) is 0 Å². The molecule has 24 heavy (non-hydrogen) atoms. The van der Waals surface area contributed by atoms with Gasteiger partial charge in [0.1, 0.15) is 0 Å². The van der Waals surface area contributed by atoms with Crippen molar-refractivity contribution in [1.29, 1.82) is 0 Å². The molecule has 0 N–H and O–H groups in total. The Labute approximate surface area is 143 Å². The summed E-state index contributed by atoms with van der Waals surface area (Å²) < 4.78 is 0. The summed E-state index contributed by atoms with van der Waals surface area (Å²) >= 11 is 0. The lowest BCUT2D eigenvalue weighted by Crippen LogP contribution is -2.55. The summed E-state index contributed by atoms with van der Waals surface area (Å²) in [4.78, 5) is 35.3. The molecular formula is C18H26N4O2. The Kier molecular flexibility index (Phi) is 5.14. The highest BCUT2D eigenvalue weighted by atomic mass is 16.2. The van der Waals surface area contributed by atoms with Gasteiger partial charge >= 0.3 is 0 Å². The first kappa shape index (κ1) is 16.9. The zero-order valence-electron chi connectivity index (χ0n) is 14.6. The number of hydrogen-bond donors (Lipinski definition) is 0. The van der Waals surface area contributed by atoms with Crippen molar-refractivity contribution in [2.75, 3.05) is 39.3 Å². The Morgan fingerprint density at radius 2 is 1.71 bits per heavy atom. The van der Waals surface area contributed by atoms with E-state index in [-0.39, 0.29) is 17.9 Å². The van der Waals surface area contributed by atoms with Crippen LogP contribution in [0.25, 0.3) is 0 Å². The largest absolute Gasteiger partial charge is 0.341 e. The zero-order chi connectivity index (χ0) is 17.1. The van der Waals surface area contributed by atoms with Crippen molar-refractivity contribution in [2.24, 2.45) is 0 Å². The van der Waals surface area contributed by atoms with Crippen molar-refractivity contribution in [3.8, 4) is 0 Å². The Bertz CT molecular complexity index is 605. The quantitative estimate of drug-likeness (QED) is 0.834. The zero-order valence-corrected chi connectivity index (χ0v) is 14.6. The highest BCUT2D eigenvalue weighted by Gasteiger charge is 2.31. The summed E-state index contributed by atoms with van der Waals surface area (Å²) in [5.74, 6) is 0.272. The first-order valence-electron chi connectivity index (χ1n) is 8.80. The Morgan fingerprint density at radius 1 is 1.04 bits per heavy atom. The van der Waals surface area contributed by atoms with E-state index < -0.39 is 0 Å². The van der Waals surface area contributed by atoms with Crippen LogP contribution in [0, 0.1) is 6.92 Å². The smallest absolute Gasteiger partial charge is 0.255 e. The molecule has 0 aromatic carbocycles. The normalized spacial score (nSPS) is 20.2. The molecule has 2 fully saturated rings. The van der Waals surface area contributed by atoms with Gasteiger partial charge in [0.15, 0.2) is 0 Å². The molecule has 2 aliphatic heterocycles. The maximum Gasteiger partial charge on any atom is 0.255 e. The van der Waals surface area contributed by atoms with Gasteiger partial charge in [-0.25, -0.2) is 0 Å². The van der Waals surface area contributed by atoms with Gasteiger partial charge in [-0.2, -0.15) is 0 Å². The van der Waals surface area contributed by atoms with Gasteiger partial charge in [0.25, 0.3) is 5.91 Å². The summed E-state index contributed by atoms with van der Waals surface area (Å²) in [5.41, 5.74) is 1.63. The van der Waals surface area contributed by atoms with Gasteiger partial charge in [-0.15, -0.1) is 0 Å². The fraction of sp³-hybridized carbons (Fsp3) is 0.611. The van der Waals surface area contributed by atoms with Crippen molar-refractivity contribution >= 4 is 11.8 Å². The Hall–Kier alpha value is -1.95. The molecule has 0 aliphatic carbocycles. The first-order chi connectivity index (χ1) is 11.6. The third kappa shape index (κ3) is 3.43. The van der Waals surface area contributed by atoms with E-state index in [1.54, 1.807) is 12.4 Å². The fourth-order valence-corrected chi connectivity index (χ4v) is 3.53. The Morgan fingerprint density at radius 3 is 2.33 bits per heavy atom. The number of rotatable bonds is 3. The predicted molar refractivity (Wildman–Crippen MR) is 91.7 cm³/mol. The van der Waals surface area contributed by atoms with E-state index in [1.807, 2.05) is 29.7 Å². The van der Waals surface area contributed by atoms with Crippen LogP contribution in [0.2, 0.25) is 0 Å². The molecule has 2 aliphatic rings. The van der Waals surface area contributed by atoms with E-state index in [0.29, 0.717) is 18.7 Å². The molecular weight excluding hydrogens is 304 g/mol. The van der Waals surface area contributed by atoms with Crippen molar-refractivity contribution in [2.45, 2.75) is 32.7 Å². The standard InChI is InChI=1S/C18H26N4O2/c1-14-5-6-19-13-16(14)18(24)22-11-9-20(10-12-22)15(2)17(23)21-7-3-4-8-21/h5-6,13,15H,3-4,7-12H2,1-2H3. The minimum absolute atomic E-state index is 0.0405. The van der Waals surface area contributed by atoms with Gasteiger partial charge in [-0.3, -0.25) is 19.5 Å². The minimum Gasteiger partial charge on any atom is -0.341 e. The van der Waals surface area contributed by atoms with Crippen molar-refractivity contribution < 1.29 is 9.59 Å². The minimum atomic E-state index is -0.0968. The third-order valence-corrected chi connectivity index (χ3v) is 5.19. The monoisotopic (exact) mass is 330 g/mol. The van der Waals surface area contributed by atoms with Crippen molar-refractivity contribution in [3.63, 3.8) is 0 Å². The van der Waals surface area contributed by atoms with Crippen molar-refractivity contribution in [3.05, 3.63) is 29.6 Å². The summed E-state index contributed by atoms with van der Waals surface area (Å²) in [7, 11) is 0. The number of amides is 2. The topological polar surface area (TPSA) is 56.8 Å². The lowest BCUT2D eigenvalue weighted by atomic mass is 10.1. The molecule has 0 radical (unpaired) electrons. The number of aromatic nitrogens is 1. The number of nitrogens with zero attached hydrogens (tertiary/aromatic N) is 4. The maximum atomic E-state index is 12.6. The van der Waals surface area contributed by atoms with Crippen LogP contribution in [-0.2, 0) is 4.79 Å². The third-order valence-electron chi connectivity index (χ3n) is 5.19. The second kappa shape index (κ2) is 7.30. The van der Waals surface area contributed by atoms with Gasteiger partial charge < -0.3 is 9.80 Å². The highest BCUT2D eigenvalue weighted by molar-refractivity contribution is 5.95. The lowest BCUT2D eigenvalue weighted by Gasteiger charge is -2.38. The Balaban J connectivity index is 1.56. The van der Waals surface area contributed by atoms with Crippen LogP contribution in [0.1, 0.15) is 35.7 Å². The molecule has 1 aromatic rings. The highest BCUT2D eigenvalue weighted by Crippen LogP contribution is 2.16. The van der Waals surface area contributed by atoms with Crippen LogP contribution in [0.3, 0.4) is 0 Å². The second-order valence-electron chi connectivity index (χ2n) is 6.73. The van der Waals surface area contributed by atoms with Crippen LogP contribution in [-0.4, -0.2) is 76.8 Å². The molecule has 0 saturated carbocycles. The summed E-state index contributed by atoms with van der Waals surface area (Å²) in [6, 6.07) is 1.76. The second-order valence-corrected chi connectivity index (χ2v) is 6.73. The number of pyridine rings is 1. The number of carbonyl (C=O) groups excluding carboxylic acids is 2. The molecule has 6 nitrogen and oxygen atoms in total. The molecule has 2 amide bonds. The number of piperazine rings is 1. The van der Waals surface area contributed by atoms with Gasteiger partial charge in [0, 0.05) is 51.7 Å². The van der Waals surface area contributed by atoms with Crippen LogP contribution < -0.4 is 0 Å². The van der Waals surface area contributed by atoms with Gasteiger partial charge in [0.2, 0.25) is 5.91 Å². The van der Waals surface area contributed by atoms with Gasteiger partial charge in [-0.1, -0.05) is 0 Å². The van der Waals surface area contributed by atoms with Crippen LogP contribution in [0.5, 0.6) is 0 Å². The van der Waals surface area contributed by atoms with Crippen molar-refractivity contribution in [1.82, 2.24) is 19.7 Å². The number of carbonyl (C=O) groups is 2. The average molecular weight is 330 g/mol. The molecule has 3 heterocycles. The van der Waals surface area contributed by atoms with Crippen LogP contribution in [0.4, 0.5) is 0 Å². The molecule has 6 heteroatoms. The molecule has 3 rings (SSSR count). The van der Waals surface area contributed by atoms with Crippen LogP contribution in [0.15, 0.2) is 18.5 Å². The predicted octanol–water partition coefficient (Wildman–Crippen LogP) is 1.16. The molecule has 1 unspecified atom stereocenters. The SMILES string of the molecule is Cc1ccncc1C(=O)N1CCN(C(C)C(=O)N2CCCC2)CC1. The van der Waals surface area contributed by atoms with E-state index in [0.717, 1.165) is 44.6 Å². The van der Waals surface area contributed by atoms with E-state index >= 15 is 0 Å². The fourth-order valence-electron chi connectivity index (χ4n) is 3.53. The average Bonchev–Trinajstić information content (AvgIpc) is 3.15. The first-order valence-corrected chi connectivity index (χ1v) is 8.80. The van der Waals surface area contributed by atoms with E-state index in [2.05, 4.69) is 9.88 Å². The molecule has 2 saturated heterocycles. The molecule has 130 valence electrons. The summed E-state index contributed by atoms with van der Waals surface area (Å²) in [6.07, 6.45) is 5.58. The molecule has 1 atom stereocenters. The number of aryl methyl sites for hydroxylation is 1. The summed E-state index contributed by atoms with van der Waals surface area (Å²) in [6.45, 7) is 8.50. The van der Waals surface area contributed by atoms with Gasteiger partial charge in [-0.05, 0) is 38.3 Å². The van der Waals surface area contributed by atoms with Gasteiger partial charge in [0.05, 0.1) is 11.6 Å². The number of hydrogen-bond acceptors (Lipinski definition) is 4. The molecule has 1 aromatic heterocycles. The van der Waals surface area contributed by atoms with Crippen LogP contribution >= 0.6 is 0 Å². The van der Waals surface area contributed by atoms with E-state index in [4.69, 9.17) is 0 Å².